The SMILES string of the molecule is Cc1csc(C2(NC3CC3)CCN(C)CC2)n1. The van der Waals surface area contributed by atoms with Crippen LogP contribution in [0.25, 0.3) is 0 Å². The summed E-state index contributed by atoms with van der Waals surface area (Å²) in [5, 5.41) is 7.38. The lowest BCUT2D eigenvalue weighted by Crippen LogP contribution is -2.51. The van der Waals surface area contributed by atoms with Gasteiger partial charge in [0.2, 0.25) is 0 Å². The van der Waals surface area contributed by atoms with Crippen LogP contribution < -0.4 is 5.32 Å². The average molecular weight is 251 g/mol. The number of piperidine rings is 1. The molecule has 2 heterocycles. The van der Waals surface area contributed by atoms with Gasteiger partial charge in [-0.2, -0.15) is 0 Å². The van der Waals surface area contributed by atoms with E-state index in [0.717, 1.165) is 6.04 Å². The predicted octanol–water partition coefficient (Wildman–Crippen LogP) is 2.12. The molecule has 1 aliphatic heterocycles. The first-order chi connectivity index (χ1) is 8.18. The summed E-state index contributed by atoms with van der Waals surface area (Å²) in [5.74, 6) is 0. The van der Waals surface area contributed by atoms with Crippen molar-refractivity contribution in [3.05, 3.63) is 16.1 Å². The summed E-state index contributed by atoms with van der Waals surface area (Å²) < 4.78 is 0. The van der Waals surface area contributed by atoms with E-state index in [-0.39, 0.29) is 5.54 Å². The normalized spacial score (nSPS) is 25.1. The number of nitrogens with one attached hydrogen (secondary N) is 1. The van der Waals surface area contributed by atoms with Gasteiger partial charge in [-0.1, -0.05) is 0 Å². The lowest BCUT2D eigenvalue weighted by molar-refractivity contribution is 0.154. The van der Waals surface area contributed by atoms with Crippen LogP contribution in [-0.2, 0) is 5.54 Å². The number of aromatic nitrogens is 1. The molecule has 1 aromatic heterocycles. The molecule has 1 aromatic rings. The summed E-state index contributed by atoms with van der Waals surface area (Å²) in [4.78, 5) is 7.17. The van der Waals surface area contributed by atoms with Gasteiger partial charge in [0.1, 0.15) is 5.01 Å². The second kappa shape index (κ2) is 4.34. The fourth-order valence-corrected chi connectivity index (χ4v) is 3.63. The van der Waals surface area contributed by atoms with E-state index >= 15 is 0 Å². The maximum absolute atomic E-state index is 4.75. The number of hydrogen-bond acceptors (Lipinski definition) is 4. The minimum atomic E-state index is 0.173. The fourth-order valence-electron chi connectivity index (χ4n) is 2.61. The minimum absolute atomic E-state index is 0.173. The van der Waals surface area contributed by atoms with Crippen LogP contribution in [-0.4, -0.2) is 36.1 Å². The first-order valence-electron chi connectivity index (χ1n) is 6.57. The largest absolute Gasteiger partial charge is 0.306 e. The summed E-state index contributed by atoms with van der Waals surface area (Å²) in [6.07, 6.45) is 5.10. The standard InChI is InChI=1S/C13H21N3S/c1-10-9-17-12(14-10)13(15-11-3-4-11)5-7-16(2)8-6-13/h9,11,15H,3-8H2,1-2H3. The summed E-state index contributed by atoms with van der Waals surface area (Å²) in [5.41, 5.74) is 1.34. The van der Waals surface area contributed by atoms with Crippen molar-refractivity contribution in [2.24, 2.45) is 0 Å². The summed E-state index contributed by atoms with van der Waals surface area (Å²) in [7, 11) is 2.22. The second-order valence-corrected chi connectivity index (χ2v) is 6.46. The molecule has 1 saturated heterocycles. The Morgan fingerprint density at radius 2 is 2.12 bits per heavy atom. The lowest BCUT2D eigenvalue weighted by Gasteiger charge is -2.40. The van der Waals surface area contributed by atoms with Crippen LogP contribution in [0.3, 0.4) is 0 Å². The molecule has 3 rings (SSSR count). The zero-order valence-electron chi connectivity index (χ0n) is 10.7. The number of rotatable bonds is 3. The number of nitrogens with zero attached hydrogens (tertiary/aromatic N) is 2. The van der Waals surface area contributed by atoms with Gasteiger partial charge in [-0.25, -0.2) is 4.98 Å². The van der Waals surface area contributed by atoms with Gasteiger partial charge in [0.05, 0.1) is 5.54 Å². The molecule has 1 N–H and O–H groups in total. The Labute approximate surface area is 107 Å². The minimum Gasteiger partial charge on any atom is -0.306 e. The van der Waals surface area contributed by atoms with Gasteiger partial charge in [-0.3, -0.25) is 0 Å². The van der Waals surface area contributed by atoms with Crippen LogP contribution >= 0.6 is 11.3 Å². The molecule has 0 radical (unpaired) electrons. The fraction of sp³-hybridized carbons (Fsp3) is 0.769. The third kappa shape index (κ3) is 2.39. The van der Waals surface area contributed by atoms with E-state index in [0.29, 0.717) is 0 Å². The Balaban J connectivity index is 1.84. The quantitative estimate of drug-likeness (QED) is 0.892. The lowest BCUT2D eigenvalue weighted by atomic mass is 9.88. The predicted molar refractivity (Wildman–Crippen MR) is 71.4 cm³/mol. The molecule has 1 aliphatic carbocycles. The monoisotopic (exact) mass is 251 g/mol. The molecule has 1 saturated carbocycles. The highest BCUT2D eigenvalue weighted by atomic mass is 32.1. The second-order valence-electron chi connectivity index (χ2n) is 5.60. The number of hydrogen-bond donors (Lipinski definition) is 1. The van der Waals surface area contributed by atoms with Crippen molar-refractivity contribution < 1.29 is 0 Å². The van der Waals surface area contributed by atoms with E-state index in [9.17, 15) is 0 Å². The van der Waals surface area contributed by atoms with Crippen LogP contribution in [0, 0.1) is 6.92 Å². The molecule has 0 amide bonds. The van der Waals surface area contributed by atoms with Gasteiger partial charge in [-0.05, 0) is 39.7 Å². The molecule has 2 fully saturated rings. The van der Waals surface area contributed by atoms with Crippen molar-refractivity contribution in [1.29, 1.82) is 0 Å². The molecule has 94 valence electrons. The van der Waals surface area contributed by atoms with Crippen molar-refractivity contribution in [2.45, 2.75) is 44.2 Å². The van der Waals surface area contributed by atoms with E-state index in [2.05, 4.69) is 29.6 Å². The van der Waals surface area contributed by atoms with Crippen molar-refractivity contribution in [3.8, 4) is 0 Å². The number of likely N-dealkylation sites (tertiary alicyclic amines) is 1. The van der Waals surface area contributed by atoms with Crippen LogP contribution in [0.5, 0.6) is 0 Å². The molecule has 0 bridgehead atoms. The Morgan fingerprint density at radius 3 is 2.65 bits per heavy atom. The Morgan fingerprint density at radius 1 is 1.41 bits per heavy atom. The van der Waals surface area contributed by atoms with Gasteiger partial charge in [0.25, 0.3) is 0 Å². The van der Waals surface area contributed by atoms with Crippen molar-refractivity contribution in [1.82, 2.24) is 15.2 Å². The Kier molecular flexibility index (Phi) is 2.97. The van der Waals surface area contributed by atoms with Gasteiger partial charge in [0.15, 0.2) is 0 Å². The van der Waals surface area contributed by atoms with Gasteiger partial charge in [0, 0.05) is 30.2 Å². The van der Waals surface area contributed by atoms with E-state index in [4.69, 9.17) is 4.98 Å². The zero-order valence-corrected chi connectivity index (χ0v) is 11.5. The van der Waals surface area contributed by atoms with Crippen LogP contribution in [0.1, 0.15) is 36.4 Å². The summed E-state index contributed by atoms with van der Waals surface area (Å²) in [6.45, 7) is 4.45. The smallest absolute Gasteiger partial charge is 0.113 e. The van der Waals surface area contributed by atoms with Gasteiger partial charge in [-0.15, -0.1) is 11.3 Å². The molecular formula is C13H21N3S. The number of aryl methyl sites for hydroxylation is 1. The van der Waals surface area contributed by atoms with Crippen LogP contribution in [0.2, 0.25) is 0 Å². The van der Waals surface area contributed by atoms with Gasteiger partial charge >= 0.3 is 0 Å². The summed E-state index contributed by atoms with van der Waals surface area (Å²) >= 11 is 1.83. The first kappa shape index (κ1) is 11.6. The molecule has 0 unspecified atom stereocenters. The highest BCUT2D eigenvalue weighted by Crippen LogP contribution is 2.37. The van der Waals surface area contributed by atoms with Crippen LogP contribution in [0.15, 0.2) is 5.38 Å². The first-order valence-corrected chi connectivity index (χ1v) is 7.45. The van der Waals surface area contributed by atoms with E-state index in [1.807, 2.05) is 11.3 Å². The molecular weight excluding hydrogens is 230 g/mol. The Bertz CT molecular complexity index is 389. The van der Waals surface area contributed by atoms with Crippen molar-refractivity contribution in [2.75, 3.05) is 20.1 Å². The number of thiazole rings is 1. The third-order valence-electron chi connectivity index (χ3n) is 3.93. The molecule has 0 spiro atoms. The van der Waals surface area contributed by atoms with Crippen molar-refractivity contribution >= 4 is 11.3 Å². The van der Waals surface area contributed by atoms with E-state index in [1.54, 1.807) is 0 Å². The highest BCUT2D eigenvalue weighted by molar-refractivity contribution is 7.09. The maximum atomic E-state index is 4.75. The van der Waals surface area contributed by atoms with Crippen molar-refractivity contribution in [3.63, 3.8) is 0 Å². The highest BCUT2D eigenvalue weighted by Gasteiger charge is 2.41. The average Bonchev–Trinajstić information content (AvgIpc) is 3.02. The summed E-state index contributed by atoms with van der Waals surface area (Å²) in [6, 6.07) is 0.752. The van der Waals surface area contributed by atoms with E-state index in [1.165, 1.54) is 49.5 Å². The maximum Gasteiger partial charge on any atom is 0.113 e. The molecule has 17 heavy (non-hydrogen) atoms. The Hall–Kier alpha value is -0.450. The van der Waals surface area contributed by atoms with Crippen LogP contribution in [0.4, 0.5) is 0 Å². The van der Waals surface area contributed by atoms with E-state index < -0.39 is 0 Å². The van der Waals surface area contributed by atoms with Gasteiger partial charge < -0.3 is 10.2 Å². The zero-order chi connectivity index (χ0) is 11.9. The molecule has 2 aliphatic rings. The third-order valence-corrected chi connectivity index (χ3v) is 5.09. The topological polar surface area (TPSA) is 28.2 Å². The molecule has 0 atom stereocenters. The molecule has 3 nitrogen and oxygen atoms in total. The molecule has 4 heteroatoms. The molecule has 0 aromatic carbocycles.